The zero-order valence-corrected chi connectivity index (χ0v) is 8.43. The SMILES string of the molecule is Cn1ncc(CN)c1N1C(=O)CCC1=O. The smallest absolute Gasteiger partial charge is 0.235 e. The number of rotatable bonds is 2. The largest absolute Gasteiger partial charge is 0.326 e. The molecule has 80 valence electrons. The second-order valence-corrected chi connectivity index (χ2v) is 3.44. The highest BCUT2D eigenvalue weighted by Crippen LogP contribution is 2.25. The molecule has 1 aliphatic heterocycles. The summed E-state index contributed by atoms with van der Waals surface area (Å²) in [5, 5.41) is 3.99. The third-order valence-electron chi connectivity index (χ3n) is 2.46. The van der Waals surface area contributed by atoms with E-state index in [1.54, 1.807) is 13.2 Å². The minimum absolute atomic E-state index is 0.182. The van der Waals surface area contributed by atoms with E-state index in [1.807, 2.05) is 0 Å². The molecule has 2 rings (SSSR count). The Hall–Kier alpha value is -1.69. The first-order chi connectivity index (χ1) is 7.15. The van der Waals surface area contributed by atoms with Gasteiger partial charge in [-0.1, -0.05) is 0 Å². The Morgan fingerprint density at radius 1 is 1.40 bits per heavy atom. The Morgan fingerprint density at radius 2 is 2.00 bits per heavy atom. The number of hydrogen-bond acceptors (Lipinski definition) is 4. The summed E-state index contributed by atoms with van der Waals surface area (Å²) in [5.74, 6) is 0.140. The fraction of sp³-hybridized carbons (Fsp3) is 0.444. The summed E-state index contributed by atoms with van der Waals surface area (Å²) < 4.78 is 1.50. The number of carbonyl (C=O) groups is 2. The monoisotopic (exact) mass is 208 g/mol. The van der Waals surface area contributed by atoms with Crippen molar-refractivity contribution in [1.82, 2.24) is 9.78 Å². The fourth-order valence-corrected chi connectivity index (χ4v) is 1.72. The number of nitrogens with two attached hydrogens (primary N) is 1. The molecular formula is C9H12N4O2. The van der Waals surface area contributed by atoms with Gasteiger partial charge in [0.2, 0.25) is 11.8 Å². The molecule has 1 saturated heterocycles. The van der Waals surface area contributed by atoms with Crippen molar-refractivity contribution in [2.45, 2.75) is 19.4 Å². The predicted octanol–water partition coefficient (Wildman–Crippen LogP) is -0.468. The summed E-state index contributed by atoms with van der Waals surface area (Å²) in [6.45, 7) is 0.264. The lowest BCUT2D eigenvalue weighted by Crippen LogP contribution is -2.31. The van der Waals surface area contributed by atoms with Crippen molar-refractivity contribution in [3.05, 3.63) is 11.8 Å². The van der Waals surface area contributed by atoms with Crippen LogP contribution in [-0.2, 0) is 23.2 Å². The highest BCUT2D eigenvalue weighted by molar-refractivity contribution is 6.19. The summed E-state index contributed by atoms with van der Waals surface area (Å²) in [5.41, 5.74) is 6.23. The van der Waals surface area contributed by atoms with Crippen molar-refractivity contribution in [3.63, 3.8) is 0 Å². The molecule has 15 heavy (non-hydrogen) atoms. The van der Waals surface area contributed by atoms with E-state index >= 15 is 0 Å². The van der Waals surface area contributed by atoms with Crippen LogP contribution in [0.2, 0.25) is 0 Å². The third-order valence-corrected chi connectivity index (χ3v) is 2.46. The lowest BCUT2D eigenvalue weighted by atomic mass is 10.3. The molecule has 2 heterocycles. The molecule has 1 aliphatic rings. The average Bonchev–Trinajstić information content (AvgIpc) is 2.71. The molecule has 0 atom stereocenters. The molecule has 0 aliphatic carbocycles. The van der Waals surface area contributed by atoms with Gasteiger partial charge in [-0.3, -0.25) is 14.3 Å². The van der Waals surface area contributed by atoms with Gasteiger partial charge in [-0.25, -0.2) is 4.90 Å². The second kappa shape index (κ2) is 3.47. The molecule has 6 nitrogen and oxygen atoms in total. The van der Waals surface area contributed by atoms with Crippen LogP contribution in [0.3, 0.4) is 0 Å². The van der Waals surface area contributed by atoms with Crippen LogP contribution in [0.5, 0.6) is 0 Å². The van der Waals surface area contributed by atoms with Gasteiger partial charge in [-0.2, -0.15) is 5.10 Å². The Bertz CT molecular complexity index is 408. The van der Waals surface area contributed by atoms with Crippen molar-refractivity contribution in [1.29, 1.82) is 0 Å². The molecule has 0 bridgehead atoms. The summed E-state index contributed by atoms with van der Waals surface area (Å²) in [6, 6.07) is 0. The first kappa shape index (κ1) is 9.85. The summed E-state index contributed by atoms with van der Waals surface area (Å²) in [7, 11) is 1.69. The molecule has 1 fully saturated rings. The van der Waals surface area contributed by atoms with E-state index in [2.05, 4.69) is 5.10 Å². The lowest BCUT2D eigenvalue weighted by molar-refractivity contribution is -0.121. The molecule has 6 heteroatoms. The van der Waals surface area contributed by atoms with E-state index in [9.17, 15) is 9.59 Å². The minimum Gasteiger partial charge on any atom is -0.326 e. The van der Waals surface area contributed by atoms with Crippen LogP contribution < -0.4 is 10.6 Å². The molecule has 1 aromatic heterocycles. The van der Waals surface area contributed by atoms with Crippen molar-refractivity contribution >= 4 is 17.6 Å². The van der Waals surface area contributed by atoms with Gasteiger partial charge in [0, 0.05) is 32.0 Å². The highest BCUT2D eigenvalue weighted by Gasteiger charge is 2.33. The zero-order chi connectivity index (χ0) is 11.0. The number of hydrogen-bond donors (Lipinski definition) is 1. The van der Waals surface area contributed by atoms with Crippen molar-refractivity contribution < 1.29 is 9.59 Å². The molecule has 0 saturated carbocycles. The number of aromatic nitrogens is 2. The number of anilines is 1. The van der Waals surface area contributed by atoms with Crippen molar-refractivity contribution in [2.24, 2.45) is 12.8 Å². The normalized spacial score (nSPS) is 16.5. The molecule has 1 aromatic rings. The summed E-state index contributed by atoms with van der Waals surface area (Å²) >= 11 is 0. The summed E-state index contributed by atoms with van der Waals surface area (Å²) in [4.78, 5) is 24.2. The van der Waals surface area contributed by atoms with E-state index in [0.29, 0.717) is 11.4 Å². The van der Waals surface area contributed by atoms with E-state index in [0.717, 1.165) is 0 Å². The topological polar surface area (TPSA) is 81.2 Å². The molecule has 0 radical (unpaired) electrons. The Morgan fingerprint density at radius 3 is 2.53 bits per heavy atom. The number of amides is 2. The minimum atomic E-state index is -0.182. The lowest BCUT2D eigenvalue weighted by Gasteiger charge is -2.15. The molecule has 0 unspecified atom stereocenters. The van der Waals surface area contributed by atoms with E-state index < -0.39 is 0 Å². The summed E-state index contributed by atoms with van der Waals surface area (Å²) in [6.07, 6.45) is 2.12. The number of imide groups is 1. The van der Waals surface area contributed by atoms with Gasteiger partial charge in [0.05, 0.1) is 6.20 Å². The van der Waals surface area contributed by atoms with Crippen LogP contribution in [0, 0.1) is 0 Å². The van der Waals surface area contributed by atoms with Gasteiger partial charge in [0.25, 0.3) is 0 Å². The maximum absolute atomic E-state index is 11.5. The second-order valence-electron chi connectivity index (χ2n) is 3.44. The maximum atomic E-state index is 11.5. The number of aryl methyl sites for hydroxylation is 1. The Kier molecular flexibility index (Phi) is 2.28. The highest BCUT2D eigenvalue weighted by atomic mass is 16.2. The van der Waals surface area contributed by atoms with Crippen molar-refractivity contribution in [3.8, 4) is 0 Å². The average molecular weight is 208 g/mol. The fourth-order valence-electron chi connectivity index (χ4n) is 1.72. The van der Waals surface area contributed by atoms with Crippen LogP contribution in [0.1, 0.15) is 18.4 Å². The molecule has 0 spiro atoms. The standard InChI is InChI=1S/C9H12N4O2/c1-12-9(6(4-10)5-11-12)13-7(14)2-3-8(13)15/h5H,2-4,10H2,1H3. The van der Waals surface area contributed by atoms with E-state index in [-0.39, 0.29) is 31.2 Å². The van der Waals surface area contributed by atoms with Crippen molar-refractivity contribution in [2.75, 3.05) is 4.90 Å². The Balaban J connectivity index is 2.47. The van der Waals surface area contributed by atoms with Crippen LogP contribution in [-0.4, -0.2) is 21.6 Å². The maximum Gasteiger partial charge on any atom is 0.235 e. The molecule has 2 amide bonds. The Labute approximate surface area is 86.6 Å². The van der Waals surface area contributed by atoms with Gasteiger partial charge in [-0.15, -0.1) is 0 Å². The van der Waals surface area contributed by atoms with Gasteiger partial charge >= 0.3 is 0 Å². The van der Waals surface area contributed by atoms with E-state index in [4.69, 9.17) is 5.73 Å². The zero-order valence-electron chi connectivity index (χ0n) is 8.43. The van der Waals surface area contributed by atoms with Gasteiger partial charge < -0.3 is 5.73 Å². The van der Waals surface area contributed by atoms with Crippen LogP contribution in [0.4, 0.5) is 5.82 Å². The van der Waals surface area contributed by atoms with Crippen LogP contribution in [0.15, 0.2) is 6.20 Å². The van der Waals surface area contributed by atoms with Gasteiger partial charge in [0.15, 0.2) is 0 Å². The van der Waals surface area contributed by atoms with E-state index in [1.165, 1.54) is 9.58 Å². The molecule has 2 N–H and O–H groups in total. The predicted molar refractivity (Wildman–Crippen MR) is 52.8 cm³/mol. The first-order valence-electron chi connectivity index (χ1n) is 4.72. The van der Waals surface area contributed by atoms with Gasteiger partial charge in [0.1, 0.15) is 5.82 Å². The molecular weight excluding hydrogens is 196 g/mol. The number of nitrogens with zero attached hydrogens (tertiary/aromatic N) is 3. The molecule has 0 aromatic carbocycles. The van der Waals surface area contributed by atoms with Crippen LogP contribution >= 0.6 is 0 Å². The van der Waals surface area contributed by atoms with Crippen LogP contribution in [0.25, 0.3) is 0 Å². The number of carbonyl (C=O) groups excluding carboxylic acids is 2. The van der Waals surface area contributed by atoms with Gasteiger partial charge in [-0.05, 0) is 0 Å². The third kappa shape index (κ3) is 1.42. The quantitative estimate of drug-likeness (QED) is 0.666. The first-order valence-corrected chi connectivity index (χ1v) is 4.72.